The summed E-state index contributed by atoms with van der Waals surface area (Å²) in [6.07, 6.45) is 0.410. The molecule has 3 aromatic rings. The van der Waals surface area contributed by atoms with Crippen molar-refractivity contribution in [2.75, 3.05) is 0 Å². The number of carbonyl (C=O) groups is 1. The number of halogens is 5. The molecule has 3 rings (SSSR count). The van der Waals surface area contributed by atoms with Gasteiger partial charge >= 0.3 is 0 Å². The van der Waals surface area contributed by atoms with Crippen LogP contribution < -0.4 is 0 Å². The molecule has 2 aromatic carbocycles. The minimum Gasteiger partial charge on any atom is -0.298 e. The lowest BCUT2D eigenvalue weighted by molar-refractivity contribution is 0.112. The summed E-state index contributed by atoms with van der Waals surface area (Å²) >= 11 is 3.10. The lowest BCUT2D eigenvalue weighted by Gasteiger charge is -2.04. The topological polar surface area (TPSA) is 34.9 Å². The first-order chi connectivity index (χ1) is 11.4. The summed E-state index contributed by atoms with van der Waals surface area (Å²) in [7, 11) is 0. The molecule has 0 atom stereocenters. The number of aldehydes is 1. The molecule has 1 aromatic heterocycles. The summed E-state index contributed by atoms with van der Waals surface area (Å²) < 4.78 is 55.1. The Morgan fingerprint density at radius 2 is 1.58 bits per heavy atom. The molecule has 24 heavy (non-hydrogen) atoms. The van der Waals surface area contributed by atoms with E-state index in [9.17, 15) is 22.4 Å². The summed E-state index contributed by atoms with van der Waals surface area (Å²) in [5.74, 6) is -3.40. The van der Waals surface area contributed by atoms with E-state index in [-0.39, 0.29) is 27.1 Å². The Hall–Kier alpha value is -2.48. The first-order valence-electron chi connectivity index (χ1n) is 6.57. The molecule has 0 N–H and O–H groups in total. The maximum Gasteiger partial charge on any atom is 0.155 e. The van der Waals surface area contributed by atoms with Crippen LogP contribution in [-0.4, -0.2) is 16.1 Å². The van der Waals surface area contributed by atoms with Gasteiger partial charge in [0.2, 0.25) is 0 Å². The zero-order valence-corrected chi connectivity index (χ0v) is 13.3. The number of rotatable bonds is 3. The van der Waals surface area contributed by atoms with Gasteiger partial charge < -0.3 is 0 Å². The van der Waals surface area contributed by atoms with Crippen molar-refractivity contribution in [3.63, 3.8) is 0 Å². The van der Waals surface area contributed by atoms with E-state index >= 15 is 0 Å². The van der Waals surface area contributed by atoms with Gasteiger partial charge in [0.1, 0.15) is 33.4 Å². The summed E-state index contributed by atoms with van der Waals surface area (Å²) in [5.41, 5.74) is -0.414. The average molecular weight is 399 g/mol. The molecule has 8 heteroatoms. The second-order valence-corrected chi connectivity index (χ2v) is 5.55. The Balaban J connectivity index is 2.24. The highest BCUT2D eigenvalue weighted by Crippen LogP contribution is 2.32. The van der Waals surface area contributed by atoms with Crippen molar-refractivity contribution in [1.29, 1.82) is 0 Å². The van der Waals surface area contributed by atoms with Gasteiger partial charge in [-0.2, -0.15) is 5.10 Å². The molecule has 0 aliphatic heterocycles. The lowest BCUT2D eigenvalue weighted by Crippen LogP contribution is -2.01. The third-order valence-corrected chi connectivity index (χ3v) is 4.07. The third kappa shape index (κ3) is 2.73. The summed E-state index contributed by atoms with van der Waals surface area (Å²) in [5, 5.41) is 4.02. The second-order valence-electron chi connectivity index (χ2n) is 4.80. The monoisotopic (exact) mass is 398 g/mol. The number of hydrogen-bond acceptors (Lipinski definition) is 2. The molecule has 0 saturated heterocycles. The Bertz CT molecular complexity index is 955. The molecule has 0 aliphatic carbocycles. The Morgan fingerprint density at radius 1 is 0.958 bits per heavy atom. The van der Waals surface area contributed by atoms with Crippen LogP contribution in [-0.2, 0) is 0 Å². The van der Waals surface area contributed by atoms with Crippen LogP contribution in [0.25, 0.3) is 16.9 Å². The molecular weight excluding hydrogens is 392 g/mol. The minimum atomic E-state index is -0.921. The molecule has 3 nitrogen and oxygen atoms in total. The fraction of sp³-hybridized carbons (Fsp3) is 0. The van der Waals surface area contributed by atoms with Crippen molar-refractivity contribution in [2.24, 2.45) is 0 Å². The normalized spacial score (nSPS) is 10.9. The molecule has 0 saturated carbocycles. The van der Waals surface area contributed by atoms with Crippen molar-refractivity contribution >= 4 is 22.2 Å². The Labute approximate surface area is 141 Å². The lowest BCUT2D eigenvalue weighted by atomic mass is 10.1. The van der Waals surface area contributed by atoms with E-state index in [2.05, 4.69) is 21.0 Å². The van der Waals surface area contributed by atoms with Crippen molar-refractivity contribution in [3.8, 4) is 16.9 Å². The number of nitrogens with zero attached hydrogens (tertiary/aromatic N) is 2. The van der Waals surface area contributed by atoms with Crippen LogP contribution in [0.4, 0.5) is 17.6 Å². The Morgan fingerprint density at radius 3 is 2.17 bits per heavy atom. The smallest absolute Gasteiger partial charge is 0.155 e. The van der Waals surface area contributed by atoms with Crippen LogP contribution in [0.1, 0.15) is 10.4 Å². The van der Waals surface area contributed by atoms with Gasteiger partial charge in [-0.1, -0.05) is 0 Å². The molecule has 0 radical (unpaired) electrons. The van der Waals surface area contributed by atoms with Crippen LogP contribution in [0.15, 0.2) is 41.0 Å². The highest BCUT2D eigenvalue weighted by molar-refractivity contribution is 9.10. The molecule has 0 fully saturated rings. The van der Waals surface area contributed by atoms with Gasteiger partial charge in [-0.15, -0.1) is 0 Å². The molecule has 0 aliphatic rings. The molecule has 1 heterocycles. The van der Waals surface area contributed by atoms with E-state index in [0.29, 0.717) is 18.4 Å². The van der Waals surface area contributed by atoms with E-state index in [1.54, 1.807) is 0 Å². The highest BCUT2D eigenvalue weighted by Gasteiger charge is 2.22. The van der Waals surface area contributed by atoms with Crippen LogP contribution >= 0.6 is 15.9 Å². The van der Waals surface area contributed by atoms with Crippen LogP contribution in [0.3, 0.4) is 0 Å². The fourth-order valence-electron chi connectivity index (χ4n) is 2.21. The minimum absolute atomic E-state index is 0.0516. The molecule has 122 valence electrons. The van der Waals surface area contributed by atoms with Crippen molar-refractivity contribution in [1.82, 2.24) is 9.78 Å². The van der Waals surface area contributed by atoms with Crippen LogP contribution in [0.2, 0.25) is 0 Å². The predicted molar refractivity (Wildman–Crippen MR) is 81.9 cm³/mol. The maximum atomic E-state index is 14.0. The molecule has 0 unspecified atom stereocenters. The zero-order valence-electron chi connectivity index (χ0n) is 11.7. The number of benzene rings is 2. The number of aromatic nitrogens is 2. The summed E-state index contributed by atoms with van der Waals surface area (Å²) in [6, 6.07) is 5.58. The molecule has 0 spiro atoms. The van der Waals surface area contributed by atoms with Gasteiger partial charge in [-0.25, -0.2) is 22.2 Å². The van der Waals surface area contributed by atoms with E-state index < -0.39 is 23.3 Å². The predicted octanol–water partition coefficient (Wildman–Crippen LogP) is 4.67. The van der Waals surface area contributed by atoms with Gasteiger partial charge in [-0.3, -0.25) is 4.79 Å². The van der Waals surface area contributed by atoms with E-state index in [4.69, 9.17) is 0 Å². The molecule has 0 bridgehead atoms. The first kappa shape index (κ1) is 16.4. The average Bonchev–Trinajstić information content (AvgIpc) is 2.84. The van der Waals surface area contributed by atoms with Crippen molar-refractivity contribution in [2.45, 2.75) is 0 Å². The maximum absolute atomic E-state index is 14.0. The van der Waals surface area contributed by atoms with E-state index in [0.717, 1.165) is 28.9 Å². The van der Waals surface area contributed by atoms with Gasteiger partial charge in [-0.05, 0) is 40.2 Å². The standard InChI is InChI=1S/C16H7BrF4N2O/c17-16-11(7-24)15(10-3-1-8(18)5-12(10)20)22-23(16)14-4-2-9(19)6-13(14)21/h1-7H. The SMILES string of the molecule is O=Cc1c(-c2ccc(F)cc2F)nn(-c2ccc(F)cc2F)c1Br. The quantitative estimate of drug-likeness (QED) is 0.474. The van der Waals surface area contributed by atoms with Crippen molar-refractivity contribution < 1.29 is 22.4 Å². The van der Waals surface area contributed by atoms with Gasteiger partial charge in [0.05, 0.1) is 5.56 Å². The van der Waals surface area contributed by atoms with E-state index in [1.807, 2.05) is 0 Å². The van der Waals surface area contributed by atoms with Crippen molar-refractivity contribution in [3.05, 3.63) is 69.8 Å². The summed E-state index contributed by atoms with van der Waals surface area (Å²) in [4.78, 5) is 11.3. The van der Waals surface area contributed by atoms with Gasteiger partial charge in [0.25, 0.3) is 0 Å². The summed E-state index contributed by atoms with van der Waals surface area (Å²) in [6.45, 7) is 0. The zero-order chi connectivity index (χ0) is 17.4. The largest absolute Gasteiger partial charge is 0.298 e. The fourth-order valence-corrected chi connectivity index (χ4v) is 2.76. The highest BCUT2D eigenvalue weighted by atomic mass is 79.9. The first-order valence-corrected chi connectivity index (χ1v) is 7.36. The van der Waals surface area contributed by atoms with Crippen LogP contribution in [0, 0.1) is 23.3 Å². The van der Waals surface area contributed by atoms with E-state index in [1.165, 1.54) is 0 Å². The second kappa shape index (κ2) is 6.20. The van der Waals surface area contributed by atoms with Gasteiger partial charge in [0, 0.05) is 17.7 Å². The third-order valence-electron chi connectivity index (χ3n) is 3.31. The number of hydrogen-bond donors (Lipinski definition) is 0. The number of carbonyl (C=O) groups excluding carboxylic acids is 1. The Kier molecular flexibility index (Phi) is 4.23. The molecule has 0 amide bonds. The van der Waals surface area contributed by atoms with Crippen LogP contribution in [0.5, 0.6) is 0 Å². The molecular formula is C16H7BrF4N2O. The van der Waals surface area contributed by atoms with Gasteiger partial charge in [0.15, 0.2) is 12.1 Å².